The summed E-state index contributed by atoms with van der Waals surface area (Å²) in [7, 11) is 0. The van der Waals surface area contributed by atoms with Crippen molar-refractivity contribution in [1.82, 2.24) is 9.97 Å². The molecular formula is C24H18N2. The molecule has 124 valence electrons. The number of aromatic nitrogens is 2. The molecule has 0 amide bonds. The van der Waals surface area contributed by atoms with Crippen molar-refractivity contribution in [3.63, 3.8) is 0 Å². The van der Waals surface area contributed by atoms with E-state index >= 15 is 0 Å². The summed E-state index contributed by atoms with van der Waals surface area (Å²) in [6, 6.07) is 28.4. The van der Waals surface area contributed by atoms with E-state index in [9.17, 15) is 0 Å². The number of hydrogen-bond donors (Lipinski definition) is 0. The maximum absolute atomic E-state index is 4.80. The van der Waals surface area contributed by atoms with Crippen molar-refractivity contribution in [2.75, 3.05) is 0 Å². The Morgan fingerprint density at radius 2 is 0.808 bits per heavy atom. The third-order valence-electron chi connectivity index (χ3n) is 4.09. The van der Waals surface area contributed by atoms with Crippen LogP contribution < -0.4 is 0 Å². The van der Waals surface area contributed by atoms with Crippen molar-refractivity contribution in [3.05, 3.63) is 107 Å². The summed E-state index contributed by atoms with van der Waals surface area (Å²) in [6.45, 7) is 0. The standard InChI is InChI=1S/C24H18N2/c1-3-9-19(10-4-1)15-17-23-24(18-16-20-11-5-2-6-12-20)26-22-14-8-7-13-21(22)25-23/h1-18H/b17-15-,18-16+. The lowest BCUT2D eigenvalue weighted by Crippen LogP contribution is -1.93. The first-order chi connectivity index (χ1) is 12.9. The molecule has 26 heavy (non-hydrogen) atoms. The first kappa shape index (κ1) is 16.0. The van der Waals surface area contributed by atoms with Crippen LogP contribution >= 0.6 is 0 Å². The fourth-order valence-corrected chi connectivity index (χ4v) is 2.75. The fraction of sp³-hybridized carbons (Fsp3) is 0. The zero-order chi connectivity index (χ0) is 17.6. The van der Waals surface area contributed by atoms with Crippen LogP contribution in [0.3, 0.4) is 0 Å². The molecular weight excluding hydrogens is 316 g/mol. The molecule has 0 radical (unpaired) electrons. The maximum Gasteiger partial charge on any atom is 0.0894 e. The average Bonchev–Trinajstić information content (AvgIpc) is 2.72. The molecule has 0 bridgehead atoms. The van der Waals surface area contributed by atoms with Crippen LogP contribution in [0.15, 0.2) is 84.9 Å². The molecule has 1 aromatic heterocycles. The Kier molecular flexibility index (Phi) is 4.66. The van der Waals surface area contributed by atoms with Gasteiger partial charge in [0.25, 0.3) is 0 Å². The van der Waals surface area contributed by atoms with Crippen molar-refractivity contribution >= 4 is 35.3 Å². The van der Waals surface area contributed by atoms with Gasteiger partial charge < -0.3 is 0 Å². The van der Waals surface area contributed by atoms with Crippen LogP contribution in [-0.4, -0.2) is 9.97 Å². The summed E-state index contributed by atoms with van der Waals surface area (Å²) >= 11 is 0. The summed E-state index contributed by atoms with van der Waals surface area (Å²) in [4.78, 5) is 9.60. The van der Waals surface area contributed by atoms with Gasteiger partial charge in [-0.15, -0.1) is 0 Å². The van der Waals surface area contributed by atoms with Crippen LogP contribution in [-0.2, 0) is 0 Å². The quantitative estimate of drug-likeness (QED) is 0.459. The Bertz CT molecular complexity index is 977. The molecule has 0 spiro atoms. The molecule has 2 nitrogen and oxygen atoms in total. The van der Waals surface area contributed by atoms with Gasteiger partial charge >= 0.3 is 0 Å². The van der Waals surface area contributed by atoms with Gasteiger partial charge in [0.2, 0.25) is 0 Å². The lowest BCUT2D eigenvalue weighted by atomic mass is 10.1. The van der Waals surface area contributed by atoms with E-state index in [0.29, 0.717) is 0 Å². The number of nitrogens with zero attached hydrogens (tertiary/aromatic N) is 2. The number of para-hydroxylation sites is 2. The number of fused-ring (bicyclic) bond motifs is 1. The molecule has 4 aromatic rings. The molecule has 0 N–H and O–H groups in total. The van der Waals surface area contributed by atoms with E-state index in [1.54, 1.807) is 0 Å². The smallest absolute Gasteiger partial charge is 0.0894 e. The minimum absolute atomic E-state index is 0.861. The zero-order valence-electron chi connectivity index (χ0n) is 14.3. The molecule has 0 aliphatic heterocycles. The molecule has 0 fully saturated rings. The van der Waals surface area contributed by atoms with Gasteiger partial charge in [-0.05, 0) is 35.4 Å². The maximum atomic E-state index is 4.80. The lowest BCUT2D eigenvalue weighted by molar-refractivity contribution is 1.24. The topological polar surface area (TPSA) is 25.8 Å². The van der Waals surface area contributed by atoms with E-state index in [4.69, 9.17) is 9.97 Å². The van der Waals surface area contributed by atoms with Crippen LogP contribution in [0, 0.1) is 0 Å². The first-order valence-corrected chi connectivity index (χ1v) is 8.61. The van der Waals surface area contributed by atoms with E-state index in [2.05, 4.69) is 36.4 Å². The van der Waals surface area contributed by atoms with Crippen LogP contribution in [0.25, 0.3) is 35.3 Å². The lowest BCUT2D eigenvalue weighted by Gasteiger charge is -2.04. The molecule has 0 aliphatic rings. The van der Waals surface area contributed by atoms with E-state index in [1.165, 1.54) is 0 Å². The van der Waals surface area contributed by atoms with Crippen LogP contribution in [0.4, 0.5) is 0 Å². The monoisotopic (exact) mass is 334 g/mol. The molecule has 0 aliphatic carbocycles. The highest BCUT2D eigenvalue weighted by Gasteiger charge is 2.04. The Morgan fingerprint density at radius 1 is 0.423 bits per heavy atom. The molecule has 0 saturated heterocycles. The normalized spacial score (nSPS) is 11.5. The Hall–Kier alpha value is -3.52. The largest absolute Gasteiger partial charge is 0.245 e. The molecule has 0 saturated carbocycles. The van der Waals surface area contributed by atoms with E-state index < -0.39 is 0 Å². The summed E-state index contributed by atoms with van der Waals surface area (Å²) < 4.78 is 0. The van der Waals surface area contributed by atoms with Gasteiger partial charge in [0.15, 0.2) is 0 Å². The second-order valence-corrected chi connectivity index (χ2v) is 5.97. The molecule has 1 heterocycles. The van der Waals surface area contributed by atoms with Gasteiger partial charge in [0.1, 0.15) is 0 Å². The van der Waals surface area contributed by atoms with Crippen molar-refractivity contribution in [2.45, 2.75) is 0 Å². The Morgan fingerprint density at radius 3 is 1.23 bits per heavy atom. The summed E-state index contributed by atoms with van der Waals surface area (Å²) in [5.74, 6) is 0. The van der Waals surface area contributed by atoms with E-state index in [-0.39, 0.29) is 0 Å². The number of benzene rings is 3. The molecule has 2 heteroatoms. The summed E-state index contributed by atoms with van der Waals surface area (Å²) in [5.41, 5.74) is 5.80. The minimum atomic E-state index is 0.861. The third-order valence-corrected chi connectivity index (χ3v) is 4.09. The Labute approximate surface area is 153 Å². The highest BCUT2D eigenvalue weighted by Crippen LogP contribution is 2.18. The van der Waals surface area contributed by atoms with Crippen LogP contribution in [0.2, 0.25) is 0 Å². The first-order valence-electron chi connectivity index (χ1n) is 8.61. The summed E-state index contributed by atoms with van der Waals surface area (Å²) in [6.07, 6.45) is 8.19. The van der Waals surface area contributed by atoms with Gasteiger partial charge in [-0.1, -0.05) is 84.9 Å². The Balaban J connectivity index is 1.76. The average molecular weight is 334 g/mol. The van der Waals surface area contributed by atoms with Crippen molar-refractivity contribution in [2.24, 2.45) is 0 Å². The molecule has 4 rings (SSSR count). The van der Waals surface area contributed by atoms with Crippen molar-refractivity contribution < 1.29 is 0 Å². The van der Waals surface area contributed by atoms with E-state index in [0.717, 1.165) is 33.5 Å². The predicted molar refractivity (Wildman–Crippen MR) is 110 cm³/mol. The molecule has 0 unspecified atom stereocenters. The van der Waals surface area contributed by atoms with Gasteiger partial charge in [-0.3, -0.25) is 0 Å². The van der Waals surface area contributed by atoms with E-state index in [1.807, 2.05) is 72.8 Å². The van der Waals surface area contributed by atoms with Crippen molar-refractivity contribution in [1.29, 1.82) is 0 Å². The number of hydrogen-bond acceptors (Lipinski definition) is 2. The van der Waals surface area contributed by atoms with Gasteiger partial charge in [-0.2, -0.15) is 0 Å². The van der Waals surface area contributed by atoms with Gasteiger partial charge in [0.05, 0.1) is 22.4 Å². The minimum Gasteiger partial charge on any atom is -0.245 e. The van der Waals surface area contributed by atoms with Gasteiger partial charge in [-0.25, -0.2) is 9.97 Å². The van der Waals surface area contributed by atoms with Crippen LogP contribution in [0.5, 0.6) is 0 Å². The number of rotatable bonds is 4. The molecule has 0 atom stereocenters. The predicted octanol–water partition coefficient (Wildman–Crippen LogP) is 5.97. The van der Waals surface area contributed by atoms with Gasteiger partial charge in [0, 0.05) is 0 Å². The highest BCUT2D eigenvalue weighted by atomic mass is 14.8. The highest BCUT2D eigenvalue weighted by molar-refractivity contribution is 5.82. The molecule has 3 aromatic carbocycles. The SMILES string of the molecule is C(=C/c1nc2ccccc2nc1/C=C/c1ccccc1)/c1ccccc1. The summed E-state index contributed by atoms with van der Waals surface area (Å²) in [5, 5.41) is 0. The second kappa shape index (κ2) is 7.58. The fourth-order valence-electron chi connectivity index (χ4n) is 2.75. The second-order valence-electron chi connectivity index (χ2n) is 5.97. The third kappa shape index (κ3) is 3.76. The van der Waals surface area contributed by atoms with Crippen molar-refractivity contribution in [3.8, 4) is 0 Å². The van der Waals surface area contributed by atoms with Crippen LogP contribution in [0.1, 0.15) is 22.5 Å². The zero-order valence-corrected chi connectivity index (χ0v) is 14.3.